The lowest BCUT2D eigenvalue weighted by atomic mass is 10.2. The molecule has 3 rings (SSSR count). The summed E-state index contributed by atoms with van der Waals surface area (Å²) in [5, 5.41) is 8.88. The van der Waals surface area contributed by atoms with Crippen LogP contribution in [0.5, 0.6) is 0 Å². The van der Waals surface area contributed by atoms with Crippen molar-refractivity contribution in [2.24, 2.45) is 0 Å². The topological polar surface area (TPSA) is 59.0 Å². The number of urea groups is 1. The van der Waals surface area contributed by atoms with E-state index in [1.54, 1.807) is 23.9 Å². The molecule has 0 atom stereocenters. The number of amides is 2. The van der Waals surface area contributed by atoms with Crippen LogP contribution in [-0.4, -0.2) is 22.1 Å². The van der Waals surface area contributed by atoms with Gasteiger partial charge in [0.1, 0.15) is 0 Å². The van der Waals surface area contributed by atoms with Gasteiger partial charge >= 0.3 is 6.03 Å². The van der Waals surface area contributed by atoms with Crippen molar-refractivity contribution in [3.8, 4) is 0 Å². The molecule has 2 aromatic heterocycles. The van der Waals surface area contributed by atoms with Crippen LogP contribution >= 0.6 is 11.3 Å². The van der Waals surface area contributed by atoms with E-state index in [0.717, 1.165) is 15.8 Å². The summed E-state index contributed by atoms with van der Waals surface area (Å²) >= 11 is 1.62. The van der Waals surface area contributed by atoms with Gasteiger partial charge in [-0.25, -0.2) is 9.78 Å². The first kappa shape index (κ1) is 12.7. The molecule has 0 aliphatic rings. The van der Waals surface area contributed by atoms with Crippen molar-refractivity contribution in [1.82, 2.24) is 14.9 Å². The maximum absolute atomic E-state index is 11.9. The zero-order chi connectivity index (χ0) is 13.8. The Morgan fingerprint density at radius 1 is 1.35 bits per heavy atom. The van der Waals surface area contributed by atoms with Crippen molar-refractivity contribution in [3.05, 3.63) is 48.4 Å². The van der Waals surface area contributed by atoms with Gasteiger partial charge in [0.25, 0.3) is 0 Å². The molecule has 2 N–H and O–H groups in total. The molecule has 0 bridgehead atoms. The minimum Gasteiger partial charge on any atom is -0.336 e. The molecule has 102 valence electrons. The molecule has 0 aliphatic heterocycles. The lowest BCUT2D eigenvalue weighted by molar-refractivity contribution is 0.251. The third-order valence-corrected chi connectivity index (χ3v) is 3.91. The monoisotopic (exact) mass is 286 g/mol. The van der Waals surface area contributed by atoms with Crippen LogP contribution in [0.25, 0.3) is 10.1 Å². The number of imidazole rings is 1. The van der Waals surface area contributed by atoms with Crippen molar-refractivity contribution in [2.45, 2.75) is 6.54 Å². The Morgan fingerprint density at radius 2 is 2.30 bits per heavy atom. The van der Waals surface area contributed by atoms with E-state index in [-0.39, 0.29) is 6.03 Å². The summed E-state index contributed by atoms with van der Waals surface area (Å²) < 4.78 is 3.01. The molecule has 0 radical (unpaired) electrons. The number of thiophene rings is 1. The van der Waals surface area contributed by atoms with Gasteiger partial charge in [-0.15, -0.1) is 11.3 Å². The molecule has 6 heteroatoms. The zero-order valence-corrected chi connectivity index (χ0v) is 11.6. The predicted molar refractivity (Wildman–Crippen MR) is 81.1 cm³/mol. The van der Waals surface area contributed by atoms with Crippen LogP contribution < -0.4 is 10.6 Å². The number of hydrogen-bond acceptors (Lipinski definition) is 3. The third-order valence-electron chi connectivity index (χ3n) is 2.94. The number of nitrogens with zero attached hydrogens (tertiary/aromatic N) is 2. The second-order valence-corrected chi connectivity index (χ2v) is 5.24. The molecule has 5 nitrogen and oxygen atoms in total. The third kappa shape index (κ3) is 2.80. The lowest BCUT2D eigenvalue weighted by Gasteiger charge is -2.08. The van der Waals surface area contributed by atoms with Crippen LogP contribution in [0.15, 0.2) is 48.4 Å². The molecule has 20 heavy (non-hydrogen) atoms. The molecule has 0 spiro atoms. The molecule has 2 heterocycles. The van der Waals surface area contributed by atoms with Crippen LogP contribution in [0.1, 0.15) is 0 Å². The molecule has 0 saturated heterocycles. The number of benzene rings is 1. The van der Waals surface area contributed by atoms with E-state index in [1.165, 1.54) is 0 Å². The second-order valence-electron chi connectivity index (χ2n) is 4.33. The van der Waals surface area contributed by atoms with E-state index in [4.69, 9.17) is 0 Å². The molecule has 0 unspecified atom stereocenters. The Labute approximate surface area is 120 Å². The molecule has 0 aliphatic carbocycles. The fraction of sp³-hybridized carbons (Fsp3) is 0.143. The first-order chi connectivity index (χ1) is 9.83. The first-order valence-electron chi connectivity index (χ1n) is 6.30. The Hall–Kier alpha value is -2.34. The van der Waals surface area contributed by atoms with Crippen molar-refractivity contribution >= 4 is 33.1 Å². The minimum atomic E-state index is -0.189. The Morgan fingerprint density at radius 3 is 3.15 bits per heavy atom. The highest BCUT2D eigenvalue weighted by atomic mass is 32.1. The highest BCUT2D eigenvalue weighted by Gasteiger charge is 2.05. The van der Waals surface area contributed by atoms with E-state index in [9.17, 15) is 4.79 Å². The molecule has 2 amide bonds. The molecule has 0 saturated carbocycles. The highest BCUT2D eigenvalue weighted by molar-refractivity contribution is 7.17. The van der Waals surface area contributed by atoms with Crippen LogP contribution in [-0.2, 0) is 6.54 Å². The number of carbonyl (C=O) groups excluding carboxylic acids is 1. The van der Waals surface area contributed by atoms with Gasteiger partial charge < -0.3 is 15.2 Å². The SMILES string of the molecule is O=C(NCCn1ccnc1)Nc1cccc2ccsc12. The molecule has 1 aromatic carbocycles. The van der Waals surface area contributed by atoms with Crippen molar-refractivity contribution < 1.29 is 4.79 Å². The average Bonchev–Trinajstić information content (AvgIpc) is 3.09. The molecular formula is C14H14N4OS. The Balaban J connectivity index is 1.57. The van der Waals surface area contributed by atoms with E-state index < -0.39 is 0 Å². The van der Waals surface area contributed by atoms with Gasteiger partial charge in [0, 0.05) is 25.5 Å². The number of nitrogens with one attached hydrogen (secondary N) is 2. The molecule has 3 aromatic rings. The van der Waals surface area contributed by atoms with Crippen LogP contribution in [0.3, 0.4) is 0 Å². The van der Waals surface area contributed by atoms with Gasteiger partial charge in [0.2, 0.25) is 0 Å². The number of anilines is 1. The standard InChI is InChI=1S/C14H14N4OS/c19-14(16-6-8-18-7-5-15-10-18)17-12-3-1-2-11-4-9-20-13(11)12/h1-5,7,9-10H,6,8H2,(H2,16,17,19). The predicted octanol–water partition coefficient (Wildman–Crippen LogP) is 2.92. The van der Waals surface area contributed by atoms with E-state index in [0.29, 0.717) is 13.1 Å². The van der Waals surface area contributed by atoms with Gasteiger partial charge in [0.05, 0.1) is 16.7 Å². The van der Waals surface area contributed by atoms with E-state index >= 15 is 0 Å². The molecular weight excluding hydrogens is 272 g/mol. The maximum Gasteiger partial charge on any atom is 0.319 e. The summed E-state index contributed by atoms with van der Waals surface area (Å²) in [5.41, 5.74) is 0.845. The number of aromatic nitrogens is 2. The van der Waals surface area contributed by atoms with E-state index in [2.05, 4.69) is 15.6 Å². The van der Waals surface area contributed by atoms with Gasteiger partial charge in [-0.05, 0) is 22.9 Å². The lowest BCUT2D eigenvalue weighted by Crippen LogP contribution is -2.31. The van der Waals surface area contributed by atoms with Crippen LogP contribution in [0, 0.1) is 0 Å². The quantitative estimate of drug-likeness (QED) is 0.774. The van der Waals surface area contributed by atoms with Crippen molar-refractivity contribution in [3.63, 3.8) is 0 Å². The summed E-state index contributed by atoms with van der Waals surface area (Å²) in [6.45, 7) is 1.26. The number of rotatable bonds is 4. The Kier molecular flexibility index (Phi) is 3.64. The number of hydrogen-bond donors (Lipinski definition) is 2. The summed E-state index contributed by atoms with van der Waals surface area (Å²) in [5.74, 6) is 0. The second kappa shape index (κ2) is 5.75. The normalized spacial score (nSPS) is 10.6. The van der Waals surface area contributed by atoms with Crippen molar-refractivity contribution in [1.29, 1.82) is 0 Å². The highest BCUT2D eigenvalue weighted by Crippen LogP contribution is 2.28. The van der Waals surface area contributed by atoms with Crippen molar-refractivity contribution in [2.75, 3.05) is 11.9 Å². The van der Waals surface area contributed by atoms with Gasteiger partial charge in [0.15, 0.2) is 0 Å². The number of fused-ring (bicyclic) bond motifs is 1. The molecule has 0 fully saturated rings. The van der Waals surface area contributed by atoms with Gasteiger partial charge in [-0.3, -0.25) is 0 Å². The largest absolute Gasteiger partial charge is 0.336 e. The van der Waals surface area contributed by atoms with Gasteiger partial charge in [-0.2, -0.15) is 0 Å². The summed E-state index contributed by atoms with van der Waals surface area (Å²) in [4.78, 5) is 15.8. The average molecular weight is 286 g/mol. The fourth-order valence-electron chi connectivity index (χ4n) is 1.98. The number of carbonyl (C=O) groups is 1. The summed E-state index contributed by atoms with van der Waals surface area (Å²) in [6.07, 6.45) is 5.31. The van der Waals surface area contributed by atoms with Crippen LogP contribution in [0.2, 0.25) is 0 Å². The maximum atomic E-state index is 11.9. The minimum absolute atomic E-state index is 0.189. The van der Waals surface area contributed by atoms with Gasteiger partial charge in [-0.1, -0.05) is 12.1 Å². The van der Waals surface area contributed by atoms with E-state index in [1.807, 2.05) is 40.4 Å². The summed E-state index contributed by atoms with van der Waals surface area (Å²) in [6, 6.07) is 7.74. The first-order valence-corrected chi connectivity index (χ1v) is 7.18. The Bertz CT molecular complexity index is 705. The van der Waals surface area contributed by atoms with Crippen LogP contribution in [0.4, 0.5) is 10.5 Å². The smallest absolute Gasteiger partial charge is 0.319 e. The fourth-order valence-corrected chi connectivity index (χ4v) is 2.84. The summed E-state index contributed by atoms with van der Waals surface area (Å²) in [7, 11) is 0. The zero-order valence-electron chi connectivity index (χ0n) is 10.7.